The van der Waals surface area contributed by atoms with Crippen molar-refractivity contribution in [2.45, 2.75) is 27.7 Å². The summed E-state index contributed by atoms with van der Waals surface area (Å²) in [6.45, 7) is 7.51. The quantitative estimate of drug-likeness (QED) is 0.556. The van der Waals surface area contributed by atoms with E-state index in [-0.39, 0.29) is 30.5 Å². The first kappa shape index (κ1) is 21.2. The standard InChI is InChI=1S/C21H26N2O5/c1-6-23(20(25)15-8-10-16(27-5)11-9-15)12-17(24)18-13(3)19(22-14(18)4)21(26)28-7-2/h8-11,22H,6-7,12H2,1-5H3. The molecule has 1 amide bonds. The maximum atomic E-state index is 12.9. The molecule has 0 saturated carbocycles. The second kappa shape index (κ2) is 9.21. The van der Waals surface area contributed by atoms with E-state index in [9.17, 15) is 14.4 Å². The zero-order valence-electron chi connectivity index (χ0n) is 16.9. The Morgan fingerprint density at radius 2 is 1.71 bits per heavy atom. The van der Waals surface area contributed by atoms with Crippen LogP contribution in [0, 0.1) is 13.8 Å². The van der Waals surface area contributed by atoms with E-state index in [1.165, 1.54) is 4.90 Å². The van der Waals surface area contributed by atoms with Gasteiger partial charge in [-0.25, -0.2) is 4.79 Å². The maximum Gasteiger partial charge on any atom is 0.355 e. The number of rotatable bonds is 8. The third kappa shape index (κ3) is 4.42. The Morgan fingerprint density at radius 1 is 1.07 bits per heavy atom. The van der Waals surface area contributed by atoms with Crippen molar-refractivity contribution in [2.75, 3.05) is 26.8 Å². The summed E-state index contributed by atoms with van der Waals surface area (Å²) < 4.78 is 10.1. The first-order valence-corrected chi connectivity index (χ1v) is 9.16. The molecule has 0 saturated heterocycles. The summed E-state index contributed by atoms with van der Waals surface area (Å²) in [5.74, 6) is -0.315. The molecule has 0 aliphatic rings. The molecular weight excluding hydrogens is 360 g/mol. The molecule has 1 aromatic carbocycles. The molecule has 0 radical (unpaired) electrons. The zero-order chi connectivity index (χ0) is 20.8. The molecule has 2 rings (SSSR count). The minimum Gasteiger partial charge on any atom is -0.497 e. The minimum atomic E-state index is -0.496. The van der Waals surface area contributed by atoms with E-state index in [4.69, 9.17) is 9.47 Å². The number of carbonyl (C=O) groups excluding carboxylic acids is 3. The van der Waals surface area contributed by atoms with Crippen LogP contribution in [0.5, 0.6) is 5.75 Å². The third-order valence-corrected chi connectivity index (χ3v) is 4.54. The Hall–Kier alpha value is -3.09. The molecule has 28 heavy (non-hydrogen) atoms. The van der Waals surface area contributed by atoms with Crippen molar-refractivity contribution in [3.8, 4) is 5.75 Å². The summed E-state index contributed by atoms with van der Waals surface area (Å²) in [6.07, 6.45) is 0. The Balaban J connectivity index is 2.22. The Labute approximate surface area is 164 Å². The smallest absolute Gasteiger partial charge is 0.355 e. The van der Waals surface area contributed by atoms with Crippen molar-refractivity contribution >= 4 is 17.7 Å². The van der Waals surface area contributed by atoms with Gasteiger partial charge in [0.05, 0.1) is 20.3 Å². The molecular formula is C21H26N2O5. The first-order valence-electron chi connectivity index (χ1n) is 9.16. The van der Waals surface area contributed by atoms with E-state index in [1.807, 2.05) is 6.92 Å². The molecule has 1 N–H and O–H groups in total. The number of benzene rings is 1. The number of nitrogens with zero attached hydrogens (tertiary/aromatic N) is 1. The number of H-pyrrole nitrogens is 1. The van der Waals surface area contributed by atoms with Crippen LogP contribution in [-0.4, -0.2) is 54.3 Å². The second-order valence-corrected chi connectivity index (χ2v) is 6.32. The third-order valence-electron chi connectivity index (χ3n) is 4.54. The number of methoxy groups -OCH3 is 1. The molecule has 0 spiro atoms. The van der Waals surface area contributed by atoms with E-state index < -0.39 is 5.97 Å². The van der Waals surface area contributed by atoms with Gasteiger partial charge in [-0.05, 0) is 57.5 Å². The number of amides is 1. The predicted octanol–water partition coefficient (Wildman–Crippen LogP) is 3.16. The van der Waals surface area contributed by atoms with E-state index in [0.29, 0.717) is 34.7 Å². The van der Waals surface area contributed by atoms with E-state index in [2.05, 4.69) is 4.98 Å². The normalized spacial score (nSPS) is 10.5. The number of esters is 1. The van der Waals surface area contributed by atoms with Crippen molar-refractivity contribution < 1.29 is 23.9 Å². The van der Waals surface area contributed by atoms with Crippen LogP contribution in [0.25, 0.3) is 0 Å². The van der Waals surface area contributed by atoms with Crippen LogP contribution in [-0.2, 0) is 4.74 Å². The topological polar surface area (TPSA) is 88.7 Å². The summed E-state index contributed by atoms with van der Waals surface area (Å²) in [4.78, 5) is 42.1. The lowest BCUT2D eigenvalue weighted by Crippen LogP contribution is -2.35. The molecule has 0 bridgehead atoms. The molecule has 0 atom stereocenters. The number of nitrogens with one attached hydrogen (secondary N) is 1. The van der Waals surface area contributed by atoms with E-state index in [0.717, 1.165) is 0 Å². The molecule has 0 aliphatic carbocycles. The molecule has 150 valence electrons. The summed E-state index contributed by atoms with van der Waals surface area (Å²) in [7, 11) is 1.56. The Kier molecular flexibility index (Phi) is 6.98. The number of ether oxygens (including phenoxy) is 2. The minimum absolute atomic E-state index is 0.0802. The molecule has 0 fully saturated rings. The largest absolute Gasteiger partial charge is 0.497 e. The van der Waals surface area contributed by atoms with Gasteiger partial charge in [0.1, 0.15) is 11.4 Å². The van der Waals surface area contributed by atoms with E-state index in [1.54, 1.807) is 52.1 Å². The van der Waals surface area contributed by atoms with Crippen molar-refractivity contribution in [3.63, 3.8) is 0 Å². The average molecular weight is 386 g/mol. The highest BCUT2D eigenvalue weighted by Crippen LogP contribution is 2.20. The number of aromatic amines is 1. The van der Waals surface area contributed by atoms with Crippen LogP contribution in [0.1, 0.15) is 56.3 Å². The monoisotopic (exact) mass is 386 g/mol. The molecule has 0 unspecified atom stereocenters. The molecule has 1 heterocycles. The number of carbonyl (C=O) groups is 3. The zero-order valence-corrected chi connectivity index (χ0v) is 16.9. The predicted molar refractivity (Wildman–Crippen MR) is 105 cm³/mol. The van der Waals surface area contributed by atoms with Crippen LogP contribution in [0.2, 0.25) is 0 Å². The van der Waals surface area contributed by atoms with Crippen molar-refractivity contribution in [1.29, 1.82) is 0 Å². The number of likely N-dealkylation sites (N-methyl/N-ethyl adjacent to an activating group) is 1. The van der Waals surface area contributed by atoms with Gasteiger partial charge in [0.25, 0.3) is 5.91 Å². The number of Topliss-reactive ketones (excluding diaryl/α,β-unsaturated/α-hetero) is 1. The Morgan fingerprint density at radius 3 is 2.25 bits per heavy atom. The van der Waals surface area contributed by atoms with Crippen LogP contribution < -0.4 is 4.74 Å². The second-order valence-electron chi connectivity index (χ2n) is 6.32. The number of aromatic nitrogens is 1. The van der Waals surface area contributed by atoms with Crippen LogP contribution in [0.3, 0.4) is 0 Å². The van der Waals surface area contributed by atoms with Gasteiger partial charge >= 0.3 is 5.97 Å². The fourth-order valence-electron chi connectivity index (χ4n) is 3.07. The van der Waals surface area contributed by atoms with Gasteiger partial charge in [-0.3, -0.25) is 9.59 Å². The number of hydrogen-bond acceptors (Lipinski definition) is 5. The molecule has 7 heteroatoms. The molecule has 0 aliphatic heterocycles. The number of hydrogen-bond donors (Lipinski definition) is 1. The van der Waals surface area contributed by atoms with Crippen LogP contribution in [0.4, 0.5) is 0 Å². The first-order chi connectivity index (χ1) is 13.3. The fourth-order valence-corrected chi connectivity index (χ4v) is 3.07. The molecule has 1 aromatic heterocycles. The highest BCUT2D eigenvalue weighted by atomic mass is 16.5. The highest BCUT2D eigenvalue weighted by molar-refractivity contribution is 6.05. The summed E-state index contributed by atoms with van der Waals surface area (Å²) >= 11 is 0. The summed E-state index contributed by atoms with van der Waals surface area (Å²) in [5, 5.41) is 0. The van der Waals surface area contributed by atoms with Gasteiger partial charge in [0.2, 0.25) is 0 Å². The SMILES string of the molecule is CCOC(=O)c1[nH]c(C)c(C(=O)CN(CC)C(=O)c2ccc(OC)cc2)c1C. The number of ketones is 1. The number of aryl methyl sites for hydroxylation is 1. The van der Waals surface area contributed by atoms with Gasteiger partial charge in [-0.1, -0.05) is 0 Å². The van der Waals surface area contributed by atoms with Gasteiger partial charge in [-0.2, -0.15) is 0 Å². The van der Waals surface area contributed by atoms with Crippen LogP contribution in [0.15, 0.2) is 24.3 Å². The van der Waals surface area contributed by atoms with Crippen molar-refractivity contribution in [3.05, 3.63) is 52.3 Å². The molecule has 7 nitrogen and oxygen atoms in total. The summed E-state index contributed by atoms with van der Waals surface area (Å²) in [6, 6.07) is 6.74. The van der Waals surface area contributed by atoms with Crippen LogP contribution >= 0.6 is 0 Å². The van der Waals surface area contributed by atoms with Gasteiger partial charge in [-0.15, -0.1) is 0 Å². The van der Waals surface area contributed by atoms with Gasteiger partial charge in [0.15, 0.2) is 5.78 Å². The average Bonchev–Trinajstić information content (AvgIpc) is 3.00. The van der Waals surface area contributed by atoms with Crippen molar-refractivity contribution in [1.82, 2.24) is 9.88 Å². The lowest BCUT2D eigenvalue weighted by Gasteiger charge is -2.20. The lowest BCUT2D eigenvalue weighted by molar-refractivity contribution is 0.0519. The highest BCUT2D eigenvalue weighted by Gasteiger charge is 2.25. The fraction of sp³-hybridized carbons (Fsp3) is 0.381. The van der Waals surface area contributed by atoms with Crippen molar-refractivity contribution in [2.24, 2.45) is 0 Å². The molecule has 2 aromatic rings. The Bertz CT molecular complexity index is 868. The summed E-state index contributed by atoms with van der Waals surface area (Å²) in [5.41, 5.74) is 2.29. The van der Waals surface area contributed by atoms with Gasteiger partial charge < -0.3 is 19.4 Å². The lowest BCUT2D eigenvalue weighted by atomic mass is 10.0. The maximum absolute atomic E-state index is 12.9. The van der Waals surface area contributed by atoms with E-state index >= 15 is 0 Å². The van der Waals surface area contributed by atoms with Gasteiger partial charge in [0, 0.05) is 23.4 Å².